The minimum atomic E-state index is -0.827. The second kappa shape index (κ2) is 21.8. The molecule has 0 aromatic rings. The molecule has 0 aromatic carbocycles. The summed E-state index contributed by atoms with van der Waals surface area (Å²) in [7, 11) is 0. The van der Waals surface area contributed by atoms with Crippen LogP contribution < -0.4 is 5.32 Å². The summed E-state index contributed by atoms with van der Waals surface area (Å²) in [5, 5.41) is 22.5. The number of hydrogen-bond donors (Lipinski definition) is 3. The van der Waals surface area contributed by atoms with Crippen molar-refractivity contribution in [3.63, 3.8) is 0 Å². The highest BCUT2D eigenvalue weighted by Gasteiger charge is 2.17. The van der Waals surface area contributed by atoms with Crippen molar-refractivity contribution < 1.29 is 15.0 Å². The lowest BCUT2D eigenvalue weighted by atomic mass is 10.1. The summed E-state index contributed by atoms with van der Waals surface area (Å²) in [6.07, 6.45) is 22.8. The van der Waals surface area contributed by atoms with E-state index >= 15 is 0 Å². The molecule has 0 saturated heterocycles. The number of carbonyl (C=O) groups is 1. The summed E-state index contributed by atoms with van der Waals surface area (Å²) in [6.45, 7) is 4.21. The van der Waals surface area contributed by atoms with Crippen LogP contribution >= 0.6 is 0 Å². The minimum absolute atomic E-state index is 0.0745. The maximum atomic E-state index is 12.1. The van der Waals surface area contributed by atoms with Crippen molar-refractivity contribution in [3.05, 3.63) is 12.2 Å². The van der Waals surface area contributed by atoms with E-state index in [1.165, 1.54) is 77.0 Å². The number of rotatable bonds is 21. The first-order valence-electron chi connectivity index (χ1n) is 12.4. The molecule has 0 fully saturated rings. The van der Waals surface area contributed by atoms with E-state index in [-0.39, 0.29) is 12.5 Å². The van der Waals surface area contributed by atoms with Gasteiger partial charge in [0.25, 0.3) is 0 Å². The fraction of sp³-hybridized carbons (Fsp3) is 0.880. The van der Waals surface area contributed by atoms with Gasteiger partial charge in [-0.25, -0.2) is 0 Å². The van der Waals surface area contributed by atoms with Crippen molar-refractivity contribution in [1.29, 1.82) is 0 Å². The molecule has 3 N–H and O–H groups in total. The zero-order valence-electron chi connectivity index (χ0n) is 19.3. The Balaban J connectivity index is 3.78. The van der Waals surface area contributed by atoms with E-state index < -0.39 is 12.1 Å². The van der Waals surface area contributed by atoms with Gasteiger partial charge in [0.05, 0.1) is 18.8 Å². The Bertz CT molecular complexity index is 384. The molecule has 0 aliphatic rings. The molecule has 0 unspecified atom stereocenters. The first kappa shape index (κ1) is 28.1. The maximum absolute atomic E-state index is 12.1. The third kappa shape index (κ3) is 18.9. The molecule has 4 heteroatoms. The molecule has 4 nitrogen and oxygen atoms in total. The monoisotopic (exact) mass is 411 g/mol. The molecule has 0 spiro atoms. The standard InChI is InChI=1S/C25H49NO3/c1-3-5-7-9-11-13-14-16-18-20-24(28)23(22-27)26-25(29)21-19-17-15-12-10-8-6-4-2/h18,20,23-24,27-28H,3-17,19,21-22H2,1-2H3,(H,26,29)/b20-18+/t23-,24+/m0/s1. The van der Waals surface area contributed by atoms with Crippen molar-refractivity contribution in [2.45, 2.75) is 135 Å². The molecule has 0 bridgehead atoms. The molecular formula is C25H49NO3. The van der Waals surface area contributed by atoms with Crippen LogP contribution in [0.4, 0.5) is 0 Å². The molecule has 2 atom stereocenters. The Kier molecular flexibility index (Phi) is 21.2. The van der Waals surface area contributed by atoms with E-state index in [4.69, 9.17) is 0 Å². The van der Waals surface area contributed by atoms with Crippen molar-refractivity contribution in [2.75, 3.05) is 6.61 Å². The van der Waals surface area contributed by atoms with Gasteiger partial charge in [0.2, 0.25) is 5.91 Å². The molecule has 0 saturated carbocycles. The average Bonchev–Trinajstić information content (AvgIpc) is 2.72. The van der Waals surface area contributed by atoms with Crippen molar-refractivity contribution in [2.24, 2.45) is 0 Å². The van der Waals surface area contributed by atoms with Crippen LogP contribution in [0.25, 0.3) is 0 Å². The van der Waals surface area contributed by atoms with Gasteiger partial charge < -0.3 is 15.5 Å². The number of nitrogens with one attached hydrogen (secondary N) is 1. The van der Waals surface area contributed by atoms with Crippen LogP contribution in [0.15, 0.2) is 12.2 Å². The predicted molar refractivity (Wildman–Crippen MR) is 124 cm³/mol. The van der Waals surface area contributed by atoms with Gasteiger partial charge in [0.1, 0.15) is 0 Å². The lowest BCUT2D eigenvalue weighted by molar-refractivity contribution is -0.123. The van der Waals surface area contributed by atoms with Gasteiger partial charge in [-0.3, -0.25) is 4.79 Å². The van der Waals surface area contributed by atoms with Gasteiger partial charge in [-0.15, -0.1) is 0 Å². The normalized spacial score (nSPS) is 13.7. The molecule has 0 heterocycles. The highest BCUT2D eigenvalue weighted by atomic mass is 16.3. The summed E-state index contributed by atoms with van der Waals surface area (Å²) in [4.78, 5) is 12.1. The first-order valence-corrected chi connectivity index (χ1v) is 12.4. The second-order valence-electron chi connectivity index (χ2n) is 8.41. The smallest absolute Gasteiger partial charge is 0.220 e. The molecule has 0 aliphatic carbocycles. The van der Waals surface area contributed by atoms with Crippen molar-refractivity contribution >= 4 is 5.91 Å². The molecule has 0 aliphatic heterocycles. The average molecular weight is 412 g/mol. The molecule has 0 aromatic heterocycles. The Hall–Kier alpha value is -0.870. The Morgan fingerprint density at radius 1 is 0.793 bits per heavy atom. The molecule has 1 amide bonds. The van der Waals surface area contributed by atoms with Crippen LogP contribution in [0.1, 0.15) is 123 Å². The second-order valence-corrected chi connectivity index (χ2v) is 8.41. The molecule has 0 rings (SSSR count). The summed E-state index contributed by atoms with van der Waals surface area (Å²) in [5.41, 5.74) is 0. The summed E-state index contributed by atoms with van der Waals surface area (Å²) >= 11 is 0. The summed E-state index contributed by atoms with van der Waals surface area (Å²) in [6, 6.07) is -0.609. The van der Waals surface area contributed by atoms with Crippen LogP contribution in [0.5, 0.6) is 0 Å². The topological polar surface area (TPSA) is 69.6 Å². The lowest BCUT2D eigenvalue weighted by Gasteiger charge is -2.20. The fourth-order valence-electron chi connectivity index (χ4n) is 3.53. The van der Waals surface area contributed by atoms with Crippen LogP contribution in [0.2, 0.25) is 0 Å². The number of amides is 1. The van der Waals surface area contributed by atoms with E-state index in [1.807, 2.05) is 6.08 Å². The van der Waals surface area contributed by atoms with Crippen LogP contribution in [-0.4, -0.2) is 34.9 Å². The third-order valence-corrected chi connectivity index (χ3v) is 5.52. The zero-order chi connectivity index (χ0) is 21.6. The number of allylic oxidation sites excluding steroid dienone is 1. The number of unbranched alkanes of at least 4 members (excludes halogenated alkanes) is 14. The number of hydrogen-bond acceptors (Lipinski definition) is 3. The third-order valence-electron chi connectivity index (χ3n) is 5.52. The van der Waals surface area contributed by atoms with Gasteiger partial charge in [-0.2, -0.15) is 0 Å². The van der Waals surface area contributed by atoms with Gasteiger partial charge in [0, 0.05) is 6.42 Å². The van der Waals surface area contributed by atoms with E-state index in [2.05, 4.69) is 19.2 Å². The van der Waals surface area contributed by atoms with E-state index in [0.29, 0.717) is 6.42 Å². The van der Waals surface area contributed by atoms with Gasteiger partial charge >= 0.3 is 0 Å². The summed E-state index contributed by atoms with van der Waals surface area (Å²) in [5.74, 6) is -0.0745. The van der Waals surface area contributed by atoms with Gasteiger partial charge in [-0.1, -0.05) is 109 Å². The van der Waals surface area contributed by atoms with Crippen molar-refractivity contribution in [3.8, 4) is 0 Å². The van der Waals surface area contributed by atoms with Crippen LogP contribution in [-0.2, 0) is 4.79 Å². The SMILES string of the molecule is CCCCCCCCC/C=C/[C@@H](O)[C@H](CO)NC(=O)CCCCCCCCCC. The predicted octanol–water partition coefficient (Wildman–Crippen LogP) is 6.05. The fourth-order valence-corrected chi connectivity index (χ4v) is 3.53. The number of aliphatic hydroxyl groups is 2. The number of aliphatic hydroxyl groups excluding tert-OH is 2. The Morgan fingerprint density at radius 2 is 1.28 bits per heavy atom. The minimum Gasteiger partial charge on any atom is -0.394 e. The summed E-state index contributed by atoms with van der Waals surface area (Å²) < 4.78 is 0. The first-order chi connectivity index (χ1) is 14.2. The zero-order valence-corrected chi connectivity index (χ0v) is 19.3. The largest absolute Gasteiger partial charge is 0.394 e. The molecule has 0 radical (unpaired) electrons. The number of carbonyl (C=O) groups excluding carboxylic acids is 1. The van der Waals surface area contributed by atoms with E-state index in [9.17, 15) is 15.0 Å². The van der Waals surface area contributed by atoms with Gasteiger partial charge in [-0.05, 0) is 19.3 Å². The van der Waals surface area contributed by atoms with Crippen LogP contribution in [0, 0.1) is 0 Å². The van der Waals surface area contributed by atoms with E-state index in [0.717, 1.165) is 25.7 Å². The molecule has 29 heavy (non-hydrogen) atoms. The van der Waals surface area contributed by atoms with Gasteiger partial charge in [0.15, 0.2) is 0 Å². The quantitative estimate of drug-likeness (QED) is 0.159. The lowest BCUT2D eigenvalue weighted by Crippen LogP contribution is -2.45. The Morgan fingerprint density at radius 3 is 1.79 bits per heavy atom. The highest BCUT2D eigenvalue weighted by Crippen LogP contribution is 2.11. The Labute approximate surface area is 180 Å². The van der Waals surface area contributed by atoms with E-state index in [1.54, 1.807) is 6.08 Å². The highest BCUT2D eigenvalue weighted by molar-refractivity contribution is 5.76. The van der Waals surface area contributed by atoms with Crippen LogP contribution in [0.3, 0.4) is 0 Å². The maximum Gasteiger partial charge on any atom is 0.220 e. The molecular weight excluding hydrogens is 362 g/mol. The molecule has 172 valence electrons. The van der Waals surface area contributed by atoms with Crippen molar-refractivity contribution in [1.82, 2.24) is 5.32 Å².